The van der Waals surface area contributed by atoms with E-state index in [1.165, 1.54) is 0 Å². The summed E-state index contributed by atoms with van der Waals surface area (Å²) in [5, 5.41) is 43.1. The van der Waals surface area contributed by atoms with Gasteiger partial charge in [-0.3, -0.25) is 0 Å². The Balaban J connectivity index is 4.66. The van der Waals surface area contributed by atoms with Crippen molar-refractivity contribution in [2.24, 2.45) is 5.73 Å². The van der Waals surface area contributed by atoms with E-state index in [1.807, 2.05) is 0 Å². The number of aliphatic hydroxyl groups is 4. The quantitative estimate of drug-likeness (QED) is 0.214. The van der Waals surface area contributed by atoms with Crippen LogP contribution in [0.3, 0.4) is 0 Å². The number of carbonyl (C=O) groups is 1. The maximum atomic E-state index is 10.1. The van der Waals surface area contributed by atoms with E-state index >= 15 is 0 Å². The lowest BCUT2D eigenvalue weighted by molar-refractivity contribution is -0.135. The van der Waals surface area contributed by atoms with Gasteiger partial charge in [-0.1, -0.05) is 0 Å². The smallest absolute Gasteiger partial charge is 0.372 e. The summed E-state index contributed by atoms with van der Waals surface area (Å²) in [6.45, 7) is -0.797. The van der Waals surface area contributed by atoms with Crippen LogP contribution in [-0.4, -0.2) is 50.3 Å². The van der Waals surface area contributed by atoms with Gasteiger partial charge in [0.15, 0.2) is 0 Å². The fourth-order valence-electron chi connectivity index (χ4n) is 0.571. The van der Waals surface area contributed by atoms with Gasteiger partial charge in [-0.2, -0.15) is 0 Å². The predicted molar refractivity (Wildman–Crippen MR) is 40.6 cm³/mol. The molecule has 0 aromatic carbocycles. The van der Waals surface area contributed by atoms with E-state index in [2.05, 4.69) is 0 Å². The van der Waals surface area contributed by atoms with Crippen molar-refractivity contribution in [1.29, 1.82) is 0 Å². The zero-order valence-electron chi connectivity index (χ0n) is 6.58. The Morgan fingerprint density at radius 2 is 1.77 bits per heavy atom. The van der Waals surface area contributed by atoms with Crippen molar-refractivity contribution in [3.8, 4) is 0 Å². The van der Waals surface area contributed by atoms with Gasteiger partial charge in [0.05, 0.1) is 12.3 Å². The summed E-state index contributed by atoms with van der Waals surface area (Å²) >= 11 is 0. The molecule has 0 spiro atoms. The Hall–Kier alpha value is -1.31. The van der Waals surface area contributed by atoms with Gasteiger partial charge in [0.1, 0.15) is 12.2 Å². The highest BCUT2D eigenvalue weighted by Gasteiger charge is 2.23. The van der Waals surface area contributed by atoms with E-state index < -0.39 is 36.2 Å². The first-order valence-electron chi connectivity index (χ1n) is 3.30. The molecule has 7 N–H and O–H groups in total. The Morgan fingerprint density at radius 3 is 2.08 bits per heavy atom. The third-order valence-corrected chi connectivity index (χ3v) is 1.35. The molecule has 13 heavy (non-hydrogen) atoms. The van der Waals surface area contributed by atoms with Gasteiger partial charge in [-0.15, -0.1) is 0 Å². The summed E-state index contributed by atoms with van der Waals surface area (Å²) in [6.07, 6.45) is -3.43. The molecule has 0 radical (unpaired) electrons. The van der Waals surface area contributed by atoms with Crippen LogP contribution in [0.5, 0.6) is 0 Å². The van der Waals surface area contributed by atoms with E-state index in [-0.39, 0.29) is 0 Å². The number of aliphatic hydroxyl groups excluding tert-OH is 4. The molecule has 0 aliphatic carbocycles. The minimum absolute atomic E-state index is 0.797. The lowest BCUT2D eigenvalue weighted by atomic mass is 10.1. The van der Waals surface area contributed by atoms with Crippen molar-refractivity contribution < 1.29 is 30.3 Å². The number of carboxylic acid groups (broad SMARTS) is 1. The molecule has 2 atom stereocenters. The van der Waals surface area contributed by atoms with Crippen molar-refractivity contribution in [3.63, 3.8) is 0 Å². The third-order valence-electron chi connectivity index (χ3n) is 1.35. The Labute approximate surface area is 73.3 Å². The van der Waals surface area contributed by atoms with Crippen LogP contribution in [0.25, 0.3) is 0 Å². The second-order valence-corrected chi connectivity index (χ2v) is 2.30. The number of hydrogen-bond donors (Lipinski definition) is 6. The zero-order chi connectivity index (χ0) is 10.6. The Kier molecular flexibility index (Phi) is 4.18. The predicted octanol–water partition coefficient (Wildman–Crippen LogP) is -2.49. The first-order valence-corrected chi connectivity index (χ1v) is 3.30. The highest BCUT2D eigenvalue weighted by molar-refractivity contribution is 5.84. The average Bonchev–Trinajstić information content (AvgIpc) is 2.12. The molecule has 0 aromatic rings. The molecule has 0 aromatic heterocycles. The number of nitrogens with two attached hydrogens (primary N) is 1. The van der Waals surface area contributed by atoms with Crippen LogP contribution in [-0.2, 0) is 4.79 Å². The standard InChI is InChI=1S/C6H11NO6/c7-3(5(11)6(12)13)4(10)2(9)1-8/h2,4,8-11H,1,7H2,(H,12,13)/b5-3-. The lowest BCUT2D eigenvalue weighted by Crippen LogP contribution is -2.35. The van der Waals surface area contributed by atoms with Gasteiger partial charge in [0, 0.05) is 0 Å². The fourth-order valence-corrected chi connectivity index (χ4v) is 0.571. The van der Waals surface area contributed by atoms with Crippen LogP contribution in [0.1, 0.15) is 0 Å². The van der Waals surface area contributed by atoms with Gasteiger partial charge in [-0.25, -0.2) is 4.79 Å². The van der Waals surface area contributed by atoms with Crippen LogP contribution in [0, 0.1) is 0 Å². The van der Waals surface area contributed by atoms with Crippen LogP contribution in [0.2, 0.25) is 0 Å². The van der Waals surface area contributed by atoms with Crippen molar-refractivity contribution in [3.05, 3.63) is 11.5 Å². The minimum atomic E-state index is -1.80. The average molecular weight is 193 g/mol. The SMILES string of the molecule is N/C(=C(\O)C(=O)O)C(O)C(O)CO. The van der Waals surface area contributed by atoms with Crippen molar-refractivity contribution in [1.82, 2.24) is 0 Å². The van der Waals surface area contributed by atoms with E-state index in [4.69, 9.17) is 31.3 Å². The summed E-state index contributed by atoms with van der Waals surface area (Å²) in [7, 11) is 0. The molecule has 2 unspecified atom stereocenters. The van der Waals surface area contributed by atoms with Gasteiger partial charge in [-0.05, 0) is 0 Å². The number of aliphatic carboxylic acids is 1. The summed E-state index contributed by atoms with van der Waals surface area (Å²) in [4.78, 5) is 10.1. The number of carboxylic acids is 1. The van der Waals surface area contributed by atoms with Crippen LogP contribution in [0.15, 0.2) is 11.5 Å². The summed E-state index contributed by atoms with van der Waals surface area (Å²) < 4.78 is 0. The Bertz CT molecular complexity index is 225. The summed E-state index contributed by atoms with van der Waals surface area (Å²) in [5.74, 6) is -2.97. The molecular formula is C6H11NO6. The van der Waals surface area contributed by atoms with E-state index in [9.17, 15) is 4.79 Å². The second-order valence-electron chi connectivity index (χ2n) is 2.30. The highest BCUT2D eigenvalue weighted by Crippen LogP contribution is 2.05. The monoisotopic (exact) mass is 193 g/mol. The maximum Gasteiger partial charge on any atom is 0.372 e. The van der Waals surface area contributed by atoms with E-state index in [0.717, 1.165) is 0 Å². The first kappa shape index (κ1) is 11.7. The molecule has 0 rings (SSSR count). The van der Waals surface area contributed by atoms with Gasteiger partial charge in [0.2, 0.25) is 5.76 Å². The molecular weight excluding hydrogens is 182 g/mol. The van der Waals surface area contributed by atoms with Gasteiger partial charge >= 0.3 is 5.97 Å². The molecule has 0 fully saturated rings. The summed E-state index contributed by atoms with van der Waals surface area (Å²) in [6, 6.07) is 0. The molecule has 7 heteroatoms. The van der Waals surface area contributed by atoms with Crippen LogP contribution >= 0.6 is 0 Å². The molecule has 7 nitrogen and oxygen atoms in total. The normalized spacial score (nSPS) is 17.5. The molecule has 0 aliphatic heterocycles. The maximum absolute atomic E-state index is 10.1. The summed E-state index contributed by atoms with van der Waals surface area (Å²) in [5.41, 5.74) is 4.17. The first-order chi connectivity index (χ1) is 5.91. The molecule has 0 bridgehead atoms. The molecule has 76 valence electrons. The largest absolute Gasteiger partial charge is 0.501 e. The van der Waals surface area contributed by atoms with Crippen molar-refractivity contribution in [2.45, 2.75) is 12.2 Å². The third kappa shape index (κ3) is 2.90. The van der Waals surface area contributed by atoms with Gasteiger partial charge in [0.25, 0.3) is 0 Å². The Morgan fingerprint density at radius 1 is 1.31 bits per heavy atom. The van der Waals surface area contributed by atoms with E-state index in [1.54, 1.807) is 0 Å². The fraction of sp³-hybridized carbons (Fsp3) is 0.500. The van der Waals surface area contributed by atoms with Gasteiger partial charge < -0.3 is 31.3 Å². The zero-order valence-corrected chi connectivity index (χ0v) is 6.58. The highest BCUT2D eigenvalue weighted by atomic mass is 16.4. The topological polar surface area (TPSA) is 144 Å². The lowest BCUT2D eigenvalue weighted by Gasteiger charge is -2.15. The molecule has 0 heterocycles. The van der Waals surface area contributed by atoms with Crippen molar-refractivity contribution >= 4 is 5.97 Å². The van der Waals surface area contributed by atoms with Crippen LogP contribution in [0.4, 0.5) is 0 Å². The van der Waals surface area contributed by atoms with Crippen LogP contribution < -0.4 is 5.73 Å². The molecule has 0 amide bonds. The minimum Gasteiger partial charge on any atom is -0.501 e. The van der Waals surface area contributed by atoms with E-state index in [0.29, 0.717) is 0 Å². The molecule has 0 aliphatic rings. The molecule has 0 saturated heterocycles. The second kappa shape index (κ2) is 4.65. The number of rotatable bonds is 4. The molecule has 0 saturated carbocycles. The number of hydrogen-bond acceptors (Lipinski definition) is 6. The van der Waals surface area contributed by atoms with Crippen molar-refractivity contribution in [2.75, 3.05) is 6.61 Å².